The standard InChI is InChI=1S/C16H23ClFN3O2S/c1-20(9-13-14(17)5-3-6-15(13)18)24(22,23)21-8-11-4-2-7-16(19)12(11)10-21/h3,5-6,11-12,16H,2,4,7-10,19H2,1H3. The zero-order valence-corrected chi connectivity index (χ0v) is 15.2. The molecular formula is C16H23ClFN3O2S. The van der Waals surface area contributed by atoms with E-state index < -0.39 is 16.0 Å². The highest BCUT2D eigenvalue weighted by Crippen LogP contribution is 2.37. The van der Waals surface area contributed by atoms with Crippen molar-refractivity contribution in [1.29, 1.82) is 0 Å². The summed E-state index contributed by atoms with van der Waals surface area (Å²) in [7, 11) is -2.21. The van der Waals surface area contributed by atoms with Crippen LogP contribution in [0, 0.1) is 17.7 Å². The first-order valence-corrected chi connectivity index (χ1v) is 9.98. The predicted octanol–water partition coefficient (Wildman–Crippen LogP) is 2.21. The van der Waals surface area contributed by atoms with Crippen molar-refractivity contribution in [2.45, 2.75) is 31.8 Å². The van der Waals surface area contributed by atoms with E-state index in [0.717, 1.165) is 19.3 Å². The molecule has 0 radical (unpaired) electrons. The highest BCUT2D eigenvalue weighted by atomic mass is 35.5. The van der Waals surface area contributed by atoms with E-state index in [2.05, 4.69) is 0 Å². The third-order valence-corrected chi connectivity index (χ3v) is 7.50. The van der Waals surface area contributed by atoms with E-state index in [4.69, 9.17) is 17.3 Å². The van der Waals surface area contributed by atoms with Crippen molar-refractivity contribution in [3.8, 4) is 0 Å². The van der Waals surface area contributed by atoms with Crippen LogP contribution in [-0.4, -0.2) is 43.2 Å². The van der Waals surface area contributed by atoms with Crippen molar-refractivity contribution in [1.82, 2.24) is 8.61 Å². The van der Waals surface area contributed by atoms with Gasteiger partial charge in [0.25, 0.3) is 10.2 Å². The summed E-state index contributed by atoms with van der Waals surface area (Å²) in [5.41, 5.74) is 6.36. The number of fused-ring (bicyclic) bond motifs is 1. The molecule has 3 unspecified atom stereocenters. The van der Waals surface area contributed by atoms with E-state index >= 15 is 0 Å². The molecule has 0 amide bonds. The van der Waals surface area contributed by atoms with E-state index in [1.807, 2.05) is 0 Å². The molecule has 0 aromatic heterocycles. The number of rotatable bonds is 4. The van der Waals surface area contributed by atoms with Crippen LogP contribution in [0.3, 0.4) is 0 Å². The van der Waals surface area contributed by atoms with E-state index in [-0.39, 0.29) is 29.1 Å². The highest BCUT2D eigenvalue weighted by molar-refractivity contribution is 7.86. The molecule has 0 spiro atoms. The molecule has 134 valence electrons. The first-order valence-electron chi connectivity index (χ1n) is 8.20. The lowest BCUT2D eigenvalue weighted by Gasteiger charge is -2.29. The Bertz CT molecular complexity index is 695. The fourth-order valence-corrected chi connectivity index (χ4v) is 5.50. The van der Waals surface area contributed by atoms with Gasteiger partial charge in [0.2, 0.25) is 0 Å². The minimum atomic E-state index is -3.67. The fourth-order valence-electron chi connectivity index (χ4n) is 3.85. The predicted molar refractivity (Wildman–Crippen MR) is 92.2 cm³/mol. The van der Waals surface area contributed by atoms with Crippen LogP contribution in [0.15, 0.2) is 18.2 Å². The van der Waals surface area contributed by atoms with Crippen LogP contribution >= 0.6 is 11.6 Å². The molecule has 3 rings (SSSR count). The van der Waals surface area contributed by atoms with Crippen LogP contribution in [0.25, 0.3) is 0 Å². The molecule has 1 aromatic rings. The summed E-state index contributed by atoms with van der Waals surface area (Å²) in [4.78, 5) is 0. The van der Waals surface area contributed by atoms with Gasteiger partial charge in [-0.3, -0.25) is 0 Å². The van der Waals surface area contributed by atoms with E-state index in [9.17, 15) is 12.8 Å². The van der Waals surface area contributed by atoms with Gasteiger partial charge in [0, 0.05) is 43.3 Å². The Balaban J connectivity index is 1.76. The second-order valence-corrected chi connectivity index (χ2v) is 9.24. The van der Waals surface area contributed by atoms with Crippen LogP contribution < -0.4 is 5.73 Å². The average Bonchev–Trinajstić information content (AvgIpc) is 2.97. The molecule has 8 heteroatoms. The number of halogens is 2. The SMILES string of the molecule is CN(Cc1c(F)cccc1Cl)S(=O)(=O)N1CC2CCCC(N)C2C1. The highest BCUT2D eigenvalue weighted by Gasteiger charge is 2.44. The summed E-state index contributed by atoms with van der Waals surface area (Å²) in [6.07, 6.45) is 3.03. The molecule has 2 aliphatic rings. The Kier molecular flexibility index (Phi) is 5.18. The number of hydrogen-bond acceptors (Lipinski definition) is 3. The minimum absolute atomic E-state index is 0.0651. The Labute approximate surface area is 147 Å². The Morgan fingerprint density at radius 1 is 1.38 bits per heavy atom. The van der Waals surface area contributed by atoms with Gasteiger partial charge in [0.1, 0.15) is 5.82 Å². The maximum absolute atomic E-state index is 13.9. The summed E-state index contributed by atoms with van der Waals surface area (Å²) < 4.78 is 42.3. The number of nitrogens with zero attached hydrogens (tertiary/aromatic N) is 2. The molecule has 2 fully saturated rings. The van der Waals surface area contributed by atoms with Crippen molar-refractivity contribution < 1.29 is 12.8 Å². The summed E-state index contributed by atoms with van der Waals surface area (Å²) >= 11 is 6.01. The lowest BCUT2D eigenvalue weighted by atomic mass is 9.78. The van der Waals surface area contributed by atoms with Crippen molar-refractivity contribution in [3.05, 3.63) is 34.6 Å². The summed E-state index contributed by atoms with van der Waals surface area (Å²) in [6.45, 7) is 0.852. The number of benzene rings is 1. The van der Waals surface area contributed by atoms with E-state index in [1.165, 1.54) is 27.8 Å². The van der Waals surface area contributed by atoms with Gasteiger partial charge in [0.05, 0.1) is 0 Å². The van der Waals surface area contributed by atoms with Crippen LogP contribution in [-0.2, 0) is 16.8 Å². The van der Waals surface area contributed by atoms with Gasteiger partial charge >= 0.3 is 0 Å². The van der Waals surface area contributed by atoms with Gasteiger partial charge in [0.15, 0.2) is 0 Å². The monoisotopic (exact) mass is 375 g/mol. The first-order chi connectivity index (χ1) is 11.3. The molecule has 1 heterocycles. The molecule has 0 bridgehead atoms. The Morgan fingerprint density at radius 3 is 2.79 bits per heavy atom. The summed E-state index contributed by atoms with van der Waals surface area (Å²) in [5, 5.41) is 0.231. The zero-order valence-electron chi connectivity index (χ0n) is 13.7. The van der Waals surface area contributed by atoms with E-state index in [0.29, 0.717) is 19.0 Å². The van der Waals surface area contributed by atoms with Gasteiger partial charge in [-0.05, 0) is 36.8 Å². The molecule has 1 aliphatic heterocycles. The smallest absolute Gasteiger partial charge is 0.282 e. The third-order valence-electron chi connectivity index (χ3n) is 5.28. The normalized spacial score (nSPS) is 28.3. The lowest BCUT2D eigenvalue weighted by molar-refractivity contribution is 0.260. The van der Waals surface area contributed by atoms with Gasteiger partial charge in [-0.25, -0.2) is 4.39 Å². The van der Waals surface area contributed by atoms with Crippen LogP contribution in [0.2, 0.25) is 5.02 Å². The maximum atomic E-state index is 13.9. The van der Waals surface area contributed by atoms with Crippen LogP contribution in [0.4, 0.5) is 4.39 Å². The largest absolute Gasteiger partial charge is 0.327 e. The second kappa shape index (κ2) is 6.88. The van der Waals surface area contributed by atoms with Crippen molar-refractivity contribution in [2.75, 3.05) is 20.1 Å². The Hall–Kier alpha value is -0.730. The quantitative estimate of drug-likeness (QED) is 0.877. The van der Waals surface area contributed by atoms with Crippen molar-refractivity contribution in [3.63, 3.8) is 0 Å². The first kappa shape index (κ1) is 18.1. The molecule has 2 N–H and O–H groups in total. The fraction of sp³-hybridized carbons (Fsp3) is 0.625. The molecule has 5 nitrogen and oxygen atoms in total. The summed E-state index contributed by atoms with van der Waals surface area (Å²) in [6, 6.07) is 4.41. The number of hydrogen-bond donors (Lipinski definition) is 1. The molecule has 1 aliphatic carbocycles. The van der Waals surface area contributed by atoms with Gasteiger partial charge in [-0.2, -0.15) is 17.0 Å². The van der Waals surface area contributed by atoms with Crippen molar-refractivity contribution in [2.24, 2.45) is 17.6 Å². The molecule has 1 aromatic carbocycles. The topological polar surface area (TPSA) is 66.6 Å². The molecule has 1 saturated heterocycles. The van der Waals surface area contributed by atoms with Crippen molar-refractivity contribution >= 4 is 21.8 Å². The van der Waals surface area contributed by atoms with Crippen LogP contribution in [0.1, 0.15) is 24.8 Å². The zero-order chi connectivity index (χ0) is 17.5. The Morgan fingerprint density at radius 2 is 2.12 bits per heavy atom. The third kappa shape index (κ3) is 3.32. The molecule has 3 atom stereocenters. The minimum Gasteiger partial charge on any atom is -0.327 e. The number of nitrogens with two attached hydrogens (primary N) is 1. The van der Waals surface area contributed by atoms with Gasteiger partial charge < -0.3 is 5.73 Å². The molecular weight excluding hydrogens is 353 g/mol. The second-order valence-electron chi connectivity index (χ2n) is 6.80. The average molecular weight is 376 g/mol. The van der Waals surface area contributed by atoms with Gasteiger partial charge in [-0.15, -0.1) is 0 Å². The molecule has 1 saturated carbocycles. The lowest BCUT2D eigenvalue weighted by Crippen LogP contribution is -2.42. The maximum Gasteiger partial charge on any atom is 0.282 e. The van der Waals surface area contributed by atoms with Crippen LogP contribution in [0.5, 0.6) is 0 Å². The van der Waals surface area contributed by atoms with Gasteiger partial charge in [-0.1, -0.05) is 24.1 Å². The summed E-state index contributed by atoms with van der Waals surface area (Å²) in [5.74, 6) is 0.0506. The van der Waals surface area contributed by atoms with E-state index in [1.54, 1.807) is 6.07 Å². The molecule has 24 heavy (non-hydrogen) atoms.